The van der Waals surface area contributed by atoms with Crippen molar-refractivity contribution in [3.05, 3.63) is 41.4 Å². The van der Waals surface area contributed by atoms with Gasteiger partial charge in [0.25, 0.3) is 0 Å². The van der Waals surface area contributed by atoms with Crippen LogP contribution in [0.5, 0.6) is 0 Å². The molecule has 0 N–H and O–H groups in total. The Hall–Kier alpha value is -0.890. The highest BCUT2D eigenvalue weighted by Gasteiger charge is 2.07. The summed E-state index contributed by atoms with van der Waals surface area (Å²) in [5.74, 6) is 0. The molecule has 0 saturated carbocycles. The lowest BCUT2D eigenvalue weighted by molar-refractivity contribution is 0.650. The van der Waals surface area contributed by atoms with Crippen LogP contribution in [0.25, 0.3) is 10.1 Å². The Bertz CT molecular complexity index is 443. The van der Waals surface area contributed by atoms with Crippen LogP contribution in [0.3, 0.4) is 0 Å². The van der Waals surface area contributed by atoms with Crippen LogP contribution in [0.15, 0.2) is 18.2 Å². The normalized spacial score (nSPS) is 11.0. The van der Waals surface area contributed by atoms with Gasteiger partial charge in [-0.25, -0.2) is 0 Å². The molecule has 1 radical (unpaired) electrons. The lowest BCUT2D eigenvalue weighted by Gasteiger charge is -1.96. The van der Waals surface area contributed by atoms with Crippen LogP contribution in [0, 0.1) is 19.0 Å². The molecule has 1 aromatic carbocycles. The molecule has 0 aliphatic heterocycles. The molecule has 1 heterocycles. The first kappa shape index (κ1) is 8.70. The Balaban J connectivity index is 2.75. The molecule has 0 bridgehead atoms. The molecule has 0 fully saturated rings. The van der Waals surface area contributed by atoms with Crippen molar-refractivity contribution >= 4 is 21.4 Å². The summed E-state index contributed by atoms with van der Waals surface area (Å²) >= 11 is 1.21. The standard InChI is InChI=1S/C11H10FS/c1-3-8-4-5-10-9(6-8)7(2)11(12)13-10/h4-6H,1,3H2,2H3. The van der Waals surface area contributed by atoms with Crippen LogP contribution in [0.1, 0.15) is 11.1 Å². The van der Waals surface area contributed by atoms with E-state index >= 15 is 0 Å². The van der Waals surface area contributed by atoms with Gasteiger partial charge in [0.1, 0.15) is 0 Å². The van der Waals surface area contributed by atoms with Crippen molar-refractivity contribution in [3.63, 3.8) is 0 Å². The minimum Gasteiger partial charge on any atom is -0.195 e. The zero-order valence-electron chi connectivity index (χ0n) is 7.43. The van der Waals surface area contributed by atoms with E-state index in [0.717, 1.165) is 27.6 Å². The van der Waals surface area contributed by atoms with E-state index in [4.69, 9.17) is 0 Å². The fourth-order valence-electron chi connectivity index (χ4n) is 1.39. The first-order valence-corrected chi connectivity index (χ1v) is 5.01. The van der Waals surface area contributed by atoms with Crippen molar-refractivity contribution in [3.8, 4) is 0 Å². The van der Waals surface area contributed by atoms with Crippen molar-refractivity contribution in [2.24, 2.45) is 0 Å². The number of rotatable bonds is 1. The third kappa shape index (κ3) is 1.35. The fourth-order valence-corrected chi connectivity index (χ4v) is 2.31. The van der Waals surface area contributed by atoms with E-state index in [1.54, 1.807) is 0 Å². The van der Waals surface area contributed by atoms with Crippen LogP contribution < -0.4 is 0 Å². The van der Waals surface area contributed by atoms with Gasteiger partial charge in [-0.05, 0) is 43.4 Å². The van der Waals surface area contributed by atoms with Crippen LogP contribution in [0.2, 0.25) is 0 Å². The fraction of sp³-hybridized carbons (Fsp3) is 0.182. The average Bonchev–Trinajstić information content (AvgIpc) is 2.43. The Kier molecular flexibility index (Phi) is 2.08. The number of aryl methyl sites for hydroxylation is 1. The molecule has 0 saturated heterocycles. The van der Waals surface area contributed by atoms with E-state index in [0.29, 0.717) is 0 Å². The third-order valence-electron chi connectivity index (χ3n) is 2.23. The lowest BCUT2D eigenvalue weighted by Crippen LogP contribution is -1.79. The van der Waals surface area contributed by atoms with E-state index in [1.807, 2.05) is 25.1 Å². The van der Waals surface area contributed by atoms with Gasteiger partial charge in [0.15, 0.2) is 5.13 Å². The molecule has 0 nitrogen and oxygen atoms in total. The van der Waals surface area contributed by atoms with Crippen molar-refractivity contribution in [1.82, 2.24) is 0 Å². The molecule has 0 aliphatic carbocycles. The van der Waals surface area contributed by atoms with Gasteiger partial charge in [0.2, 0.25) is 0 Å². The Labute approximate surface area is 81.0 Å². The number of fused-ring (bicyclic) bond motifs is 1. The second kappa shape index (κ2) is 3.11. The molecule has 0 unspecified atom stereocenters. The predicted octanol–water partition coefficient (Wildman–Crippen LogP) is 3.73. The van der Waals surface area contributed by atoms with Crippen LogP contribution >= 0.6 is 11.3 Å². The van der Waals surface area contributed by atoms with E-state index in [-0.39, 0.29) is 5.13 Å². The van der Waals surface area contributed by atoms with Gasteiger partial charge < -0.3 is 0 Å². The van der Waals surface area contributed by atoms with Crippen LogP contribution in [-0.2, 0) is 6.42 Å². The van der Waals surface area contributed by atoms with Crippen molar-refractivity contribution in [2.45, 2.75) is 13.3 Å². The van der Waals surface area contributed by atoms with E-state index in [9.17, 15) is 4.39 Å². The molecule has 0 atom stereocenters. The van der Waals surface area contributed by atoms with Gasteiger partial charge in [-0.3, -0.25) is 0 Å². The summed E-state index contributed by atoms with van der Waals surface area (Å²) in [6.45, 7) is 5.63. The molecule has 2 rings (SSSR count). The number of hydrogen-bond donors (Lipinski definition) is 0. The maximum Gasteiger partial charge on any atom is 0.180 e. The second-order valence-electron chi connectivity index (χ2n) is 3.08. The molecular formula is C11H10FS. The summed E-state index contributed by atoms with van der Waals surface area (Å²) in [5, 5.41) is 0.958. The van der Waals surface area contributed by atoms with Crippen LogP contribution in [-0.4, -0.2) is 0 Å². The molecular weight excluding hydrogens is 183 g/mol. The summed E-state index contributed by atoms with van der Waals surface area (Å²) in [5.41, 5.74) is 1.92. The minimum atomic E-state index is -0.0730. The van der Waals surface area contributed by atoms with Gasteiger partial charge >= 0.3 is 0 Å². The summed E-state index contributed by atoms with van der Waals surface area (Å²) in [6, 6.07) is 6.00. The maximum absolute atomic E-state index is 13.2. The summed E-state index contributed by atoms with van der Waals surface area (Å²) < 4.78 is 14.2. The van der Waals surface area contributed by atoms with Crippen molar-refractivity contribution in [2.75, 3.05) is 0 Å². The SMILES string of the molecule is [CH2]Cc1ccc2sc(F)c(C)c2c1. The van der Waals surface area contributed by atoms with Gasteiger partial charge in [-0.1, -0.05) is 6.07 Å². The summed E-state index contributed by atoms with van der Waals surface area (Å²) in [6.07, 6.45) is 0.757. The molecule has 2 aromatic rings. The first-order chi connectivity index (χ1) is 6.22. The Morgan fingerprint density at radius 1 is 1.46 bits per heavy atom. The molecule has 2 heteroatoms. The first-order valence-electron chi connectivity index (χ1n) is 4.19. The topological polar surface area (TPSA) is 0 Å². The molecule has 0 spiro atoms. The number of benzene rings is 1. The highest BCUT2D eigenvalue weighted by atomic mass is 32.1. The zero-order valence-corrected chi connectivity index (χ0v) is 8.25. The molecule has 67 valence electrons. The number of halogens is 1. The molecule has 0 aliphatic rings. The average molecular weight is 193 g/mol. The minimum absolute atomic E-state index is 0.0730. The zero-order chi connectivity index (χ0) is 9.42. The lowest BCUT2D eigenvalue weighted by atomic mass is 10.1. The monoisotopic (exact) mass is 193 g/mol. The summed E-state index contributed by atoms with van der Waals surface area (Å²) in [7, 11) is 0. The van der Waals surface area contributed by atoms with E-state index < -0.39 is 0 Å². The highest BCUT2D eigenvalue weighted by Crippen LogP contribution is 2.29. The molecule has 0 amide bonds. The van der Waals surface area contributed by atoms with Gasteiger partial charge in [-0.2, -0.15) is 4.39 Å². The smallest absolute Gasteiger partial charge is 0.180 e. The van der Waals surface area contributed by atoms with Crippen molar-refractivity contribution < 1.29 is 4.39 Å². The molecule has 1 aromatic heterocycles. The highest BCUT2D eigenvalue weighted by molar-refractivity contribution is 7.17. The quantitative estimate of drug-likeness (QED) is 0.647. The van der Waals surface area contributed by atoms with Crippen LogP contribution in [0.4, 0.5) is 4.39 Å². The largest absolute Gasteiger partial charge is 0.195 e. The van der Waals surface area contributed by atoms with Gasteiger partial charge in [0, 0.05) is 10.3 Å². The van der Waals surface area contributed by atoms with Crippen molar-refractivity contribution in [1.29, 1.82) is 0 Å². The summed E-state index contributed by atoms with van der Waals surface area (Å²) in [4.78, 5) is 0. The Morgan fingerprint density at radius 2 is 2.23 bits per heavy atom. The van der Waals surface area contributed by atoms with Gasteiger partial charge in [0.05, 0.1) is 0 Å². The maximum atomic E-state index is 13.2. The Morgan fingerprint density at radius 3 is 2.92 bits per heavy atom. The van der Waals surface area contributed by atoms with E-state index in [1.165, 1.54) is 11.3 Å². The molecule has 13 heavy (non-hydrogen) atoms. The predicted molar refractivity (Wildman–Crippen MR) is 55.6 cm³/mol. The van der Waals surface area contributed by atoms with E-state index in [2.05, 4.69) is 6.92 Å². The second-order valence-corrected chi connectivity index (χ2v) is 4.08. The number of thiophene rings is 1. The third-order valence-corrected chi connectivity index (χ3v) is 3.29. The number of hydrogen-bond acceptors (Lipinski definition) is 1. The van der Waals surface area contributed by atoms with Gasteiger partial charge in [-0.15, -0.1) is 11.3 Å².